The van der Waals surface area contributed by atoms with Gasteiger partial charge in [0.15, 0.2) is 0 Å². The SMILES string of the molecule is CCOc1ccc(N2CCN(C(=O)c3ccc(NS(=O)(=O)c4cccc5cccnc45)cc3)CC2)cc1. The molecule has 1 aromatic heterocycles. The molecule has 1 aliphatic heterocycles. The first kappa shape index (κ1) is 24.6. The van der Waals surface area contributed by atoms with Gasteiger partial charge in [-0.15, -0.1) is 0 Å². The van der Waals surface area contributed by atoms with E-state index < -0.39 is 10.0 Å². The van der Waals surface area contributed by atoms with E-state index in [0.717, 1.165) is 29.9 Å². The molecule has 3 aromatic carbocycles. The number of sulfonamides is 1. The van der Waals surface area contributed by atoms with Gasteiger partial charge in [0.05, 0.1) is 12.1 Å². The molecule has 0 radical (unpaired) electrons. The number of carbonyl (C=O) groups is 1. The molecule has 1 amide bonds. The summed E-state index contributed by atoms with van der Waals surface area (Å²) in [7, 11) is -3.85. The van der Waals surface area contributed by atoms with Crippen molar-refractivity contribution in [2.24, 2.45) is 0 Å². The number of pyridine rings is 1. The van der Waals surface area contributed by atoms with Crippen LogP contribution >= 0.6 is 0 Å². The zero-order valence-corrected chi connectivity index (χ0v) is 21.3. The number of hydrogen-bond acceptors (Lipinski definition) is 6. The van der Waals surface area contributed by atoms with Gasteiger partial charge in [0.25, 0.3) is 15.9 Å². The third kappa shape index (κ3) is 5.36. The van der Waals surface area contributed by atoms with Crippen LogP contribution in [-0.2, 0) is 10.0 Å². The van der Waals surface area contributed by atoms with Crippen molar-refractivity contribution in [3.8, 4) is 5.75 Å². The lowest BCUT2D eigenvalue weighted by Gasteiger charge is -2.36. The second kappa shape index (κ2) is 10.5. The van der Waals surface area contributed by atoms with E-state index in [9.17, 15) is 13.2 Å². The summed E-state index contributed by atoms with van der Waals surface area (Å²) in [6, 6.07) is 23.2. The summed E-state index contributed by atoms with van der Waals surface area (Å²) in [6.45, 7) is 5.27. The Labute approximate surface area is 216 Å². The van der Waals surface area contributed by atoms with Crippen molar-refractivity contribution in [1.82, 2.24) is 9.88 Å². The van der Waals surface area contributed by atoms with Crippen molar-refractivity contribution in [2.75, 3.05) is 42.4 Å². The van der Waals surface area contributed by atoms with Crippen LogP contribution in [0.5, 0.6) is 5.75 Å². The zero-order chi connectivity index (χ0) is 25.8. The summed E-state index contributed by atoms with van der Waals surface area (Å²) < 4.78 is 34.2. The molecule has 0 unspecified atom stereocenters. The first-order valence-corrected chi connectivity index (χ1v) is 13.7. The number of nitrogens with one attached hydrogen (secondary N) is 1. The monoisotopic (exact) mass is 516 g/mol. The second-order valence-electron chi connectivity index (χ2n) is 8.72. The molecule has 37 heavy (non-hydrogen) atoms. The molecular weight excluding hydrogens is 488 g/mol. The van der Waals surface area contributed by atoms with Gasteiger partial charge in [-0.1, -0.05) is 18.2 Å². The Hall–Kier alpha value is -4.11. The Bertz CT molecular complexity index is 1490. The van der Waals surface area contributed by atoms with Crippen molar-refractivity contribution in [1.29, 1.82) is 0 Å². The standard InChI is InChI=1S/C28H28N4O4S/c1-2-36-25-14-12-24(13-15-25)31-17-19-32(20-18-31)28(33)22-8-10-23(11-9-22)30-37(34,35)26-7-3-5-21-6-4-16-29-27(21)26/h3-16,30H,2,17-20H2,1H3. The van der Waals surface area contributed by atoms with E-state index in [2.05, 4.69) is 14.6 Å². The molecular formula is C28H28N4O4S. The fourth-order valence-corrected chi connectivity index (χ4v) is 5.69. The Morgan fingerprint density at radius 2 is 1.62 bits per heavy atom. The van der Waals surface area contributed by atoms with Crippen LogP contribution in [0.15, 0.2) is 90.0 Å². The largest absolute Gasteiger partial charge is 0.494 e. The lowest BCUT2D eigenvalue weighted by atomic mass is 10.1. The van der Waals surface area contributed by atoms with Crippen LogP contribution in [0.25, 0.3) is 10.9 Å². The smallest absolute Gasteiger partial charge is 0.264 e. The van der Waals surface area contributed by atoms with Crippen molar-refractivity contribution < 1.29 is 17.9 Å². The lowest BCUT2D eigenvalue weighted by molar-refractivity contribution is 0.0747. The maximum Gasteiger partial charge on any atom is 0.264 e. The number of piperazine rings is 1. The van der Waals surface area contributed by atoms with Crippen LogP contribution in [0.1, 0.15) is 17.3 Å². The van der Waals surface area contributed by atoms with Gasteiger partial charge in [-0.05, 0) is 67.6 Å². The Kier molecular flexibility index (Phi) is 6.96. The van der Waals surface area contributed by atoms with Gasteiger partial charge in [0.1, 0.15) is 10.6 Å². The topological polar surface area (TPSA) is 91.8 Å². The van der Waals surface area contributed by atoms with Gasteiger partial charge in [-0.2, -0.15) is 0 Å². The van der Waals surface area contributed by atoms with Crippen molar-refractivity contribution in [3.05, 3.63) is 90.6 Å². The molecule has 0 atom stereocenters. The van der Waals surface area contributed by atoms with E-state index in [4.69, 9.17) is 4.74 Å². The molecule has 9 heteroatoms. The number of fused-ring (bicyclic) bond motifs is 1. The molecule has 1 fully saturated rings. The number of aromatic nitrogens is 1. The van der Waals surface area contributed by atoms with E-state index >= 15 is 0 Å². The highest BCUT2D eigenvalue weighted by Crippen LogP contribution is 2.24. The van der Waals surface area contributed by atoms with E-state index in [1.54, 1.807) is 42.6 Å². The number of ether oxygens (including phenoxy) is 1. The highest BCUT2D eigenvalue weighted by Gasteiger charge is 2.23. The van der Waals surface area contributed by atoms with Crippen molar-refractivity contribution in [3.63, 3.8) is 0 Å². The zero-order valence-electron chi connectivity index (χ0n) is 20.5. The number of anilines is 2. The minimum Gasteiger partial charge on any atom is -0.494 e. The fraction of sp³-hybridized carbons (Fsp3) is 0.214. The molecule has 0 spiro atoms. The van der Waals surface area contributed by atoms with E-state index in [-0.39, 0.29) is 10.8 Å². The van der Waals surface area contributed by atoms with Crippen LogP contribution in [0.3, 0.4) is 0 Å². The van der Waals surface area contributed by atoms with Crippen LogP contribution in [0.4, 0.5) is 11.4 Å². The van der Waals surface area contributed by atoms with E-state index in [1.165, 1.54) is 6.07 Å². The predicted octanol–water partition coefficient (Wildman–Crippen LogP) is 4.40. The molecule has 0 aliphatic carbocycles. The van der Waals surface area contributed by atoms with Crippen LogP contribution in [0.2, 0.25) is 0 Å². The molecule has 0 saturated carbocycles. The number of carbonyl (C=O) groups excluding carboxylic acids is 1. The Balaban J connectivity index is 1.22. The lowest BCUT2D eigenvalue weighted by Crippen LogP contribution is -2.48. The Morgan fingerprint density at radius 3 is 2.32 bits per heavy atom. The molecule has 8 nitrogen and oxygen atoms in total. The summed E-state index contributed by atoms with van der Waals surface area (Å²) in [5, 5.41) is 0.744. The number of benzene rings is 3. The van der Waals surface area contributed by atoms with Gasteiger partial charge in [0.2, 0.25) is 0 Å². The highest BCUT2D eigenvalue weighted by atomic mass is 32.2. The Morgan fingerprint density at radius 1 is 0.919 bits per heavy atom. The van der Waals surface area contributed by atoms with Crippen LogP contribution in [-0.4, -0.2) is 57.0 Å². The van der Waals surface area contributed by atoms with Gasteiger partial charge in [-0.25, -0.2) is 8.42 Å². The third-order valence-corrected chi connectivity index (χ3v) is 7.76. The van der Waals surface area contributed by atoms with Crippen LogP contribution in [0, 0.1) is 0 Å². The minimum absolute atomic E-state index is 0.0704. The van der Waals surface area contributed by atoms with E-state index in [1.807, 2.05) is 48.2 Å². The summed E-state index contributed by atoms with van der Waals surface area (Å²) in [5.41, 5.74) is 2.41. The minimum atomic E-state index is -3.85. The van der Waals surface area contributed by atoms with Gasteiger partial charge in [0, 0.05) is 54.7 Å². The summed E-state index contributed by atoms with van der Waals surface area (Å²) in [6.07, 6.45) is 1.57. The van der Waals surface area contributed by atoms with E-state index in [0.29, 0.717) is 36.5 Å². The molecule has 0 bridgehead atoms. The summed E-state index contributed by atoms with van der Waals surface area (Å²) in [4.78, 5) is 21.5. The first-order chi connectivity index (χ1) is 17.9. The van der Waals surface area contributed by atoms with Gasteiger partial charge in [-0.3, -0.25) is 14.5 Å². The number of nitrogens with zero attached hydrogens (tertiary/aromatic N) is 3. The molecule has 2 heterocycles. The fourth-order valence-electron chi connectivity index (χ4n) is 4.45. The predicted molar refractivity (Wildman–Crippen MR) is 145 cm³/mol. The molecule has 4 aromatic rings. The number of para-hydroxylation sites is 1. The normalized spacial score (nSPS) is 14.0. The average Bonchev–Trinajstić information content (AvgIpc) is 2.93. The van der Waals surface area contributed by atoms with Crippen LogP contribution < -0.4 is 14.4 Å². The maximum absolute atomic E-state index is 13.1. The first-order valence-electron chi connectivity index (χ1n) is 12.2. The molecule has 1 N–H and O–H groups in total. The molecule has 5 rings (SSSR count). The molecule has 190 valence electrons. The molecule has 1 saturated heterocycles. The summed E-state index contributed by atoms with van der Waals surface area (Å²) in [5.74, 6) is 0.776. The third-order valence-electron chi connectivity index (χ3n) is 6.35. The van der Waals surface area contributed by atoms with Crippen molar-refractivity contribution >= 4 is 38.2 Å². The average molecular weight is 517 g/mol. The number of rotatable bonds is 7. The molecule has 1 aliphatic rings. The van der Waals surface area contributed by atoms with Crippen molar-refractivity contribution in [2.45, 2.75) is 11.8 Å². The second-order valence-corrected chi connectivity index (χ2v) is 10.4. The number of hydrogen-bond donors (Lipinski definition) is 1. The highest BCUT2D eigenvalue weighted by molar-refractivity contribution is 7.93. The van der Waals surface area contributed by atoms with Gasteiger partial charge >= 0.3 is 0 Å². The number of amides is 1. The van der Waals surface area contributed by atoms with Gasteiger partial charge < -0.3 is 14.5 Å². The quantitative estimate of drug-likeness (QED) is 0.392. The summed E-state index contributed by atoms with van der Waals surface area (Å²) >= 11 is 0. The maximum atomic E-state index is 13.1.